The van der Waals surface area contributed by atoms with Crippen LogP contribution in [0, 0.1) is 11.6 Å². The maximum Gasteiger partial charge on any atom is 0.410 e. The third-order valence-electron chi connectivity index (χ3n) is 7.84. The molecule has 0 aliphatic carbocycles. The van der Waals surface area contributed by atoms with E-state index in [1.807, 2.05) is 18.9 Å². The molecule has 2 amide bonds. The maximum absolute atomic E-state index is 14.2. The van der Waals surface area contributed by atoms with E-state index in [0.29, 0.717) is 24.5 Å². The fourth-order valence-electron chi connectivity index (χ4n) is 6.01. The highest BCUT2D eigenvalue weighted by Gasteiger charge is 2.62. The molecule has 3 aromatic rings. The minimum atomic E-state index is -0.878. The molecule has 41 heavy (non-hydrogen) atoms. The predicted molar refractivity (Wildman–Crippen MR) is 144 cm³/mol. The van der Waals surface area contributed by atoms with Crippen molar-refractivity contribution in [2.75, 3.05) is 31.3 Å². The second kappa shape index (κ2) is 9.65. The molecule has 1 N–H and O–H groups in total. The van der Waals surface area contributed by atoms with E-state index in [9.17, 15) is 28.3 Å². The van der Waals surface area contributed by atoms with Crippen LogP contribution in [0.4, 0.5) is 13.6 Å². The van der Waals surface area contributed by atoms with Gasteiger partial charge in [0, 0.05) is 49.5 Å². The first kappa shape index (κ1) is 26.9. The fraction of sp³-hybridized carbons (Fsp3) is 0.370. The normalized spacial score (nSPS) is 19.5. The summed E-state index contributed by atoms with van der Waals surface area (Å²) in [5.41, 5.74) is 0.0445. The number of halogens is 2. The summed E-state index contributed by atoms with van der Waals surface area (Å²) < 4.78 is 34.2. The van der Waals surface area contributed by atoms with Gasteiger partial charge in [-0.05, 0) is 32.4 Å². The van der Waals surface area contributed by atoms with Crippen LogP contribution >= 0.6 is 11.3 Å². The number of rotatable bonds is 5. The van der Waals surface area contributed by atoms with Gasteiger partial charge in [-0.2, -0.15) is 0 Å². The highest BCUT2D eigenvalue weighted by atomic mass is 32.1. The van der Waals surface area contributed by atoms with E-state index in [-0.39, 0.29) is 41.4 Å². The van der Waals surface area contributed by atoms with Crippen LogP contribution in [-0.4, -0.2) is 73.7 Å². The van der Waals surface area contributed by atoms with E-state index in [1.165, 1.54) is 16.9 Å². The first-order valence-electron chi connectivity index (χ1n) is 13.1. The minimum absolute atomic E-state index is 0.0210. The second-order valence-electron chi connectivity index (χ2n) is 9.94. The number of nitrogens with zero attached hydrogens (tertiary/aromatic N) is 6. The molecule has 2 aromatic heterocycles. The van der Waals surface area contributed by atoms with Gasteiger partial charge >= 0.3 is 6.09 Å². The lowest BCUT2D eigenvalue weighted by molar-refractivity contribution is 0.0122. The van der Waals surface area contributed by atoms with Gasteiger partial charge in [0.2, 0.25) is 5.43 Å². The number of benzene rings is 1. The van der Waals surface area contributed by atoms with Crippen molar-refractivity contribution < 1.29 is 28.2 Å². The van der Waals surface area contributed by atoms with E-state index in [4.69, 9.17) is 4.74 Å². The minimum Gasteiger partial charge on any atom is -0.502 e. The number of likely N-dealkylation sites (N-methyl/N-ethyl adjacent to an activating group) is 1. The second-order valence-corrected chi connectivity index (χ2v) is 11.0. The maximum atomic E-state index is 14.2. The lowest BCUT2D eigenvalue weighted by Gasteiger charge is -2.65. The van der Waals surface area contributed by atoms with Crippen molar-refractivity contribution in [3.63, 3.8) is 0 Å². The highest BCUT2D eigenvalue weighted by Crippen LogP contribution is 2.50. The van der Waals surface area contributed by atoms with E-state index in [2.05, 4.69) is 10.2 Å². The number of carbonyl (C=O) groups excluding carboxylic acids is 2. The van der Waals surface area contributed by atoms with Gasteiger partial charge in [-0.25, -0.2) is 18.3 Å². The first-order valence-corrected chi connectivity index (χ1v) is 13.9. The van der Waals surface area contributed by atoms with Crippen LogP contribution in [0.15, 0.2) is 40.5 Å². The summed E-state index contributed by atoms with van der Waals surface area (Å²) in [5, 5.41) is 21.6. The molecule has 0 radical (unpaired) electrons. The zero-order chi connectivity index (χ0) is 29.2. The summed E-state index contributed by atoms with van der Waals surface area (Å²) in [4.78, 5) is 42.7. The summed E-state index contributed by atoms with van der Waals surface area (Å²) in [6, 6.07) is 3.25. The summed E-state index contributed by atoms with van der Waals surface area (Å²) >= 11 is 1.03. The number of pyridine rings is 1. The molecule has 11 nitrogen and oxygen atoms in total. The molecule has 1 aromatic carbocycles. The van der Waals surface area contributed by atoms with Gasteiger partial charge in [0.05, 0.1) is 18.7 Å². The Labute approximate surface area is 236 Å². The van der Waals surface area contributed by atoms with Crippen LogP contribution in [0.1, 0.15) is 48.3 Å². The zero-order valence-corrected chi connectivity index (χ0v) is 23.3. The van der Waals surface area contributed by atoms with Crippen LogP contribution in [-0.2, 0) is 11.2 Å². The number of likely N-dealkylation sites (tertiary alicyclic amines) is 1. The molecule has 6 rings (SSSR count). The van der Waals surface area contributed by atoms with E-state index in [0.717, 1.165) is 34.7 Å². The van der Waals surface area contributed by atoms with Gasteiger partial charge in [-0.3, -0.25) is 14.6 Å². The molecule has 14 heteroatoms. The number of amides is 2. The molecule has 3 aliphatic heterocycles. The summed E-state index contributed by atoms with van der Waals surface area (Å²) in [7, 11) is 0. The molecule has 1 saturated heterocycles. The van der Waals surface area contributed by atoms with Gasteiger partial charge in [-0.1, -0.05) is 17.4 Å². The predicted octanol–water partition coefficient (Wildman–Crippen LogP) is 3.20. The van der Waals surface area contributed by atoms with Crippen molar-refractivity contribution in [1.82, 2.24) is 24.7 Å². The Morgan fingerprint density at radius 2 is 2.00 bits per heavy atom. The van der Waals surface area contributed by atoms with Crippen LogP contribution in [0.25, 0.3) is 10.6 Å². The SMILES string of the molecule is CCOC(=O)N1CCC23C(=C(C)N2n2cc(-c4nnc(Cc5ccc(F)cc5F)s4)c(=O)c(O)c2C(=O)N3CC)C1. The monoisotopic (exact) mass is 584 g/mol. The number of aromatic hydroxyl groups is 1. The van der Waals surface area contributed by atoms with Crippen LogP contribution in [0.3, 0.4) is 0 Å². The van der Waals surface area contributed by atoms with Crippen molar-refractivity contribution in [1.29, 1.82) is 0 Å². The Morgan fingerprint density at radius 3 is 2.71 bits per heavy atom. The zero-order valence-electron chi connectivity index (χ0n) is 22.5. The smallest absolute Gasteiger partial charge is 0.410 e. The van der Waals surface area contributed by atoms with E-state index < -0.39 is 40.5 Å². The molecule has 0 saturated carbocycles. The molecular formula is C27H26F2N6O5S. The van der Waals surface area contributed by atoms with Crippen molar-refractivity contribution in [2.45, 2.75) is 39.3 Å². The quantitative estimate of drug-likeness (QED) is 0.486. The van der Waals surface area contributed by atoms with Gasteiger partial charge < -0.3 is 19.6 Å². The lowest BCUT2D eigenvalue weighted by Crippen LogP contribution is -2.79. The van der Waals surface area contributed by atoms with Crippen molar-refractivity contribution in [3.05, 3.63) is 73.8 Å². The Bertz CT molecular complexity index is 1700. The molecule has 1 unspecified atom stereocenters. The largest absolute Gasteiger partial charge is 0.502 e. The Morgan fingerprint density at radius 1 is 1.22 bits per heavy atom. The van der Waals surface area contributed by atoms with Crippen molar-refractivity contribution >= 4 is 23.3 Å². The molecule has 1 spiro atoms. The number of carbonyl (C=O) groups is 2. The topological polar surface area (TPSA) is 121 Å². The number of allylic oxidation sites excluding steroid dienone is 1. The molecule has 3 aliphatic rings. The molecule has 1 fully saturated rings. The summed E-state index contributed by atoms with van der Waals surface area (Å²) in [5.74, 6) is -2.64. The lowest BCUT2D eigenvalue weighted by atomic mass is 9.79. The third kappa shape index (κ3) is 3.84. The van der Waals surface area contributed by atoms with Gasteiger partial charge in [-0.15, -0.1) is 10.2 Å². The molecule has 214 valence electrons. The number of aromatic nitrogens is 3. The third-order valence-corrected chi connectivity index (χ3v) is 8.79. The van der Waals surface area contributed by atoms with Crippen molar-refractivity contribution in [2.24, 2.45) is 0 Å². The summed E-state index contributed by atoms with van der Waals surface area (Å²) in [6.07, 6.45) is 1.46. The highest BCUT2D eigenvalue weighted by molar-refractivity contribution is 7.14. The number of hydrogen-bond donors (Lipinski definition) is 1. The fourth-order valence-corrected chi connectivity index (χ4v) is 6.88. The number of ether oxygens (including phenoxy) is 1. The molecule has 5 heterocycles. The van der Waals surface area contributed by atoms with Gasteiger partial charge in [0.1, 0.15) is 16.6 Å². The van der Waals surface area contributed by atoms with Gasteiger partial charge in [0.15, 0.2) is 22.1 Å². The van der Waals surface area contributed by atoms with E-state index >= 15 is 0 Å². The molecular weight excluding hydrogens is 558 g/mol. The average molecular weight is 585 g/mol. The van der Waals surface area contributed by atoms with Crippen LogP contribution in [0.2, 0.25) is 0 Å². The molecule has 0 bridgehead atoms. The van der Waals surface area contributed by atoms with Crippen LogP contribution in [0.5, 0.6) is 5.75 Å². The van der Waals surface area contributed by atoms with Gasteiger partial charge in [0.25, 0.3) is 5.91 Å². The standard InChI is InChI=1S/C27H26F2N6O5S/c1-4-33-25(38)21-23(37)22(36)17(24-31-30-20(41-24)10-15-6-7-16(28)11-19(15)29)12-34(21)35-14(3)18-13-32(26(39)40-5-2)9-8-27(18,33)35/h6-7,11-12,37H,4-5,8-10,13H2,1-3H3. The number of fused-ring (bicyclic) bond motifs is 2. The van der Waals surface area contributed by atoms with E-state index in [1.54, 1.807) is 16.7 Å². The van der Waals surface area contributed by atoms with Crippen LogP contribution < -0.4 is 10.4 Å². The Balaban J connectivity index is 1.41. The Hall–Kier alpha value is -4.33. The van der Waals surface area contributed by atoms with Crippen molar-refractivity contribution in [3.8, 4) is 16.3 Å². The number of piperidine rings is 1. The summed E-state index contributed by atoms with van der Waals surface area (Å²) in [6.45, 7) is 6.58. The molecule has 1 atom stereocenters. The first-order chi connectivity index (χ1) is 19.6. The average Bonchev–Trinajstić information content (AvgIpc) is 3.40. The Kier molecular flexibility index (Phi) is 6.32. The number of hydrogen-bond acceptors (Lipinski definition) is 9.